The molecule has 200 valence electrons. The van der Waals surface area contributed by atoms with E-state index in [2.05, 4.69) is 73.1 Å². The Morgan fingerprint density at radius 3 is 2.03 bits per heavy atom. The highest BCUT2D eigenvalue weighted by Crippen LogP contribution is 2.26. The molecule has 3 N–H and O–H groups in total. The van der Waals surface area contributed by atoms with Crippen molar-refractivity contribution in [2.75, 3.05) is 0 Å². The van der Waals surface area contributed by atoms with Crippen molar-refractivity contribution in [3.05, 3.63) is 101 Å². The van der Waals surface area contributed by atoms with Gasteiger partial charge in [0.25, 0.3) is 0 Å². The van der Waals surface area contributed by atoms with Gasteiger partial charge in [0.15, 0.2) is 5.60 Å². The maximum absolute atomic E-state index is 13.0. The second-order valence-electron chi connectivity index (χ2n) is 10.8. The predicted molar refractivity (Wildman–Crippen MR) is 148 cm³/mol. The number of benzene rings is 3. The van der Waals surface area contributed by atoms with Crippen molar-refractivity contribution in [2.45, 2.75) is 71.2 Å². The fourth-order valence-electron chi connectivity index (χ4n) is 4.60. The average Bonchev–Trinajstić information content (AvgIpc) is 3.17. The molecule has 3 aromatic carbocycles. The number of amides is 2. The lowest BCUT2D eigenvalue weighted by atomic mass is 9.93. The number of nitrogens with one attached hydrogen (secondary N) is 2. The highest BCUT2D eigenvalue weighted by molar-refractivity contribution is 5.77. The number of aliphatic carboxylic acids is 1. The van der Waals surface area contributed by atoms with Crippen molar-refractivity contribution in [1.82, 2.24) is 15.8 Å². The minimum atomic E-state index is -1.29. The molecule has 1 saturated heterocycles. The number of ether oxygens (including phenoxy) is 1. The van der Waals surface area contributed by atoms with E-state index in [4.69, 9.17) is 4.74 Å². The third kappa shape index (κ3) is 6.92. The topological polar surface area (TPSA) is 90.9 Å². The first-order valence-corrected chi connectivity index (χ1v) is 13.0. The molecule has 0 bridgehead atoms. The molecule has 4 rings (SSSR count). The summed E-state index contributed by atoms with van der Waals surface area (Å²) in [6.45, 7) is 7.66. The van der Waals surface area contributed by atoms with Gasteiger partial charge in [-0.15, -0.1) is 0 Å². The van der Waals surface area contributed by atoms with Gasteiger partial charge < -0.3 is 15.2 Å². The molecule has 1 fully saturated rings. The molecule has 0 aromatic heterocycles. The lowest BCUT2D eigenvalue weighted by Gasteiger charge is -2.30. The van der Waals surface area contributed by atoms with Crippen molar-refractivity contribution >= 4 is 12.0 Å². The Hall–Kier alpha value is -3.84. The molecule has 0 spiro atoms. The zero-order valence-electron chi connectivity index (χ0n) is 22.6. The van der Waals surface area contributed by atoms with Gasteiger partial charge in [-0.2, -0.15) is 0 Å². The monoisotopic (exact) mass is 515 g/mol. The maximum Gasteiger partial charge on any atom is 0.347 e. The number of carboxylic acid groups (broad SMARTS) is 1. The second-order valence-corrected chi connectivity index (χ2v) is 10.8. The van der Waals surface area contributed by atoms with E-state index in [9.17, 15) is 14.7 Å². The van der Waals surface area contributed by atoms with Gasteiger partial charge in [-0.25, -0.2) is 15.0 Å². The quantitative estimate of drug-likeness (QED) is 0.312. The van der Waals surface area contributed by atoms with Crippen LogP contribution in [0, 0.1) is 13.8 Å². The lowest BCUT2D eigenvalue weighted by molar-refractivity contribution is -0.152. The summed E-state index contributed by atoms with van der Waals surface area (Å²) in [5.41, 5.74) is 7.36. The molecule has 7 heteroatoms. The fraction of sp³-hybridized carbons (Fsp3) is 0.355. The van der Waals surface area contributed by atoms with Gasteiger partial charge in [-0.05, 0) is 75.8 Å². The molecule has 7 nitrogen and oxygen atoms in total. The molecule has 1 atom stereocenters. The van der Waals surface area contributed by atoms with E-state index in [1.54, 1.807) is 17.1 Å². The summed E-state index contributed by atoms with van der Waals surface area (Å²) in [5.74, 6) is -0.489. The van der Waals surface area contributed by atoms with Crippen LogP contribution in [0.2, 0.25) is 0 Å². The van der Waals surface area contributed by atoms with Gasteiger partial charge in [-0.1, -0.05) is 71.8 Å². The van der Waals surface area contributed by atoms with E-state index in [-0.39, 0.29) is 6.03 Å². The Kier molecular flexibility index (Phi) is 8.07. The number of carbonyl (C=O) groups excluding carboxylic acids is 1. The maximum atomic E-state index is 13.0. The molecule has 38 heavy (non-hydrogen) atoms. The second kappa shape index (κ2) is 11.3. The summed E-state index contributed by atoms with van der Waals surface area (Å²) in [5, 5.41) is 14.2. The van der Waals surface area contributed by atoms with Crippen LogP contribution in [0.4, 0.5) is 4.79 Å². The summed E-state index contributed by atoms with van der Waals surface area (Å²) >= 11 is 0. The highest BCUT2D eigenvalue weighted by Gasteiger charge is 2.41. The molecule has 1 aliphatic heterocycles. The van der Waals surface area contributed by atoms with Crippen molar-refractivity contribution in [2.24, 2.45) is 0 Å². The summed E-state index contributed by atoms with van der Waals surface area (Å²) in [6.07, 6.45) is 3.06. The molecular formula is C31H37N3O4. The molecule has 2 amide bonds. The normalized spacial score (nSPS) is 17.4. The number of urea groups is 1. The number of carbonyl (C=O) groups is 2. The fourth-order valence-corrected chi connectivity index (χ4v) is 4.60. The first-order chi connectivity index (χ1) is 18.0. The Labute approximate surface area is 224 Å². The van der Waals surface area contributed by atoms with E-state index in [1.807, 2.05) is 12.1 Å². The Bertz CT molecular complexity index is 1250. The molecule has 3 aromatic rings. The van der Waals surface area contributed by atoms with Crippen LogP contribution in [-0.4, -0.2) is 33.4 Å². The Morgan fingerprint density at radius 1 is 0.895 bits per heavy atom. The number of hydrogen-bond acceptors (Lipinski definition) is 4. The van der Waals surface area contributed by atoms with Gasteiger partial charge in [0.2, 0.25) is 0 Å². The minimum Gasteiger partial charge on any atom is -0.478 e. The molecule has 1 heterocycles. The number of hydrazine groups is 1. The Balaban J connectivity index is 1.43. The van der Waals surface area contributed by atoms with Crippen LogP contribution >= 0.6 is 0 Å². The van der Waals surface area contributed by atoms with E-state index in [0.29, 0.717) is 18.7 Å². The third-order valence-corrected chi connectivity index (χ3v) is 6.91. The van der Waals surface area contributed by atoms with E-state index in [1.165, 1.54) is 25.0 Å². The smallest absolute Gasteiger partial charge is 0.347 e. The molecule has 1 aliphatic rings. The highest BCUT2D eigenvalue weighted by atomic mass is 16.5. The molecule has 0 saturated carbocycles. The average molecular weight is 516 g/mol. The molecule has 1 unspecified atom stereocenters. The zero-order chi connectivity index (χ0) is 27.3. The minimum absolute atomic E-state index is 0.125. The number of hydrogen-bond donors (Lipinski definition) is 3. The van der Waals surface area contributed by atoms with Gasteiger partial charge >= 0.3 is 12.0 Å². The van der Waals surface area contributed by atoms with E-state index >= 15 is 0 Å². The largest absolute Gasteiger partial charge is 0.478 e. The first kappa shape index (κ1) is 27.2. The van der Waals surface area contributed by atoms with Crippen LogP contribution in [0.25, 0.3) is 0 Å². The number of rotatable bonds is 11. The van der Waals surface area contributed by atoms with Crippen LogP contribution in [0.3, 0.4) is 0 Å². The van der Waals surface area contributed by atoms with E-state index < -0.39 is 17.2 Å². The van der Waals surface area contributed by atoms with Crippen LogP contribution in [0.5, 0.6) is 5.75 Å². The molecular weight excluding hydrogens is 478 g/mol. The predicted octanol–water partition coefficient (Wildman–Crippen LogP) is 5.54. The van der Waals surface area contributed by atoms with Crippen LogP contribution in [-0.2, 0) is 24.2 Å². The van der Waals surface area contributed by atoms with Crippen molar-refractivity contribution in [3.63, 3.8) is 0 Å². The van der Waals surface area contributed by atoms with Gasteiger partial charge in [0.1, 0.15) is 11.4 Å². The zero-order valence-corrected chi connectivity index (χ0v) is 22.6. The van der Waals surface area contributed by atoms with Gasteiger partial charge in [0.05, 0.1) is 6.54 Å². The summed E-state index contributed by atoms with van der Waals surface area (Å²) in [4.78, 5) is 24.4. The van der Waals surface area contributed by atoms with Crippen LogP contribution < -0.4 is 15.5 Å². The van der Waals surface area contributed by atoms with Crippen molar-refractivity contribution in [1.29, 1.82) is 0 Å². The molecule has 0 radical (unpaired) electrons. The first-order valence-electron chi connectivity index (χ1n) is 13.0. The van der Waals surface area contributed by atoms with Crippen LogP contribution in [0.1, 0.15) is 54.5 Å². The summed E-state index contributed by atoms with van der Waals surface area (Å²) in [7, 11) is 0. The van der Waals surface area contributed by atoms with E-state index in [0.717, 1.165) is 36.0 Å². The number of aryl methyl sites for hydroxylation is 3. The van der Waals surface area contributed by atoms with Crippen LogP contribution in [0.15, 0.2) is 72.8 Å². The molecule has 0 aliphatic carbocycles. The van der Waals surface area contributed by atoms with Crippen molar-refractivity contribution in [3.8, 4) is 5.75 Å². The SMILES string of the molecule is Cc1ccc(CN2NC(CCCc3ccc(OC(C)(C)C(=O)O)cc3)(Cc3ccc(C)cc3)NC2=O)cc1. The number of nitrogens with zero attached hydrogens (tertiary/aromatic N) is 1. The summed E-state index contributed by atoms with van der Waals surface area (Å²) < 4.78 is 5.61. The van der Waals surface area contributed by atoms with Gasteiger partial charge in [-0.3, -0.25) is 5.01 Å². The third-order valence-electron chi connectivity index (χ3n) is 6.91. The Morgan fingerprint density at radius 2 is 1.45 bits per heavy atom. The van der Waals surface area contributed by atoms with Crippen molar-refractivity contribution < 1.29 is 19.4 Å². The summed E-state index contributed by atoms with van der Waals surface area (Å²) in [6, 6.07) is 24.1. The number of carboxylic acids is 1. The van der Waals surface area contributed by atoms with Gasteiger partial charge in [0, 0.05) is 6.42 Å². The lowest BCUT2D eigenvalue weighted by Crippen LogP contribution is -2.53. The standard InChI is InChI=1S/C31H37N3O4/c1-22-7-11-25(12-8-22)20-31(32-29(37)34(33-31)21-26-13-9-23(2)10-14-26)19-5-6-24-15-17-27(18-16-24)38-30(3,4)28(35)36/h7-18,33H,5-6,19-21H2,1-4H3,(H,32,37)(H,35,36).